The van der Waals surface area contributed by atoms with E-state index in [1.807, 2.05) is 4.57 Å². The molecule has 2 aliphatic rings. The molecule has 2 aliphatic carbocycles. The average Bonchev–Trinajstić information content (AvgIpc) is 3.23. The molecule has 5 rings (SSSR count). The summed E-state index contributed by atoms with van der Waals surface area (Å²) in [6, 6.07) is 3.27. The standard InChI is InChI=1S/C25H30Cl3N7O2/c26-15-9-17(27)21(18(28)10-15)33-25-32-19-12-31-24(30-11-14-3-1-2-4-20(14)36)34-23(19)35(25)16-7-5-13(6-8-16)22(29)37/h9-10,12-14,16,20,36H,1-8,11H2,(H2,29,37)(H,32,33)(H,30,31,34)/t13-,14-,16+,20+/m0/s1. The summed E-state index contributed by atoms with van der Waals surface area (Å²) in [4.78, 5) is 25.8. The number of fused-ring (bicyclic) bond motifs is 1. The molecule has 1 amide bonds. The third kappa shape index (κ3) is 5.74. The van der Waals surface area contributed by atoms with E-state index in [1.165, 1.54) is 0 Å². The number of nitrogens with two attached hydrogens (primary N) is 1. The third-order valence-corrected chi connectivity index (χ3v) is 8.35. The highest BCUT2D eigenvalue weighted by Gasteiger charge is 2.30. The van der Waals surface area contributed by atoms with Crippen LogP contribution >= 0.6 is 34.8 Å². The van der Waals surface area contributed by atoms with Gasteiger partial charge in [-0.25, -0.2) is 9.97 Å². The van der Waals surface area contributed by atoms with Crippen LogP contribution in [-0.4, -0.2) is 43.2 Å². The molecular formula is C25H30Cl3N7O2. The van der Waals surface area contributed by atoms with Crippen molar-refractivity contribution in [2.24, 2.45) is 17.6 Å². The molecule has 0 radical (unpaired) electrons. The maximum Gasteiger partial charge on any atom is 0.224 e. The molecule has 12 heteroatoms. The first-order valence-corrected chi connectivity index (χ1v) is 13.8. The summed E-state index contributed by atoms with van der Waals surface area (Å²) in [5.74, 6) is 0.791. The van der Waals surface area contributed by atoms with Gasteiger partial charge in [0.25, 0.3) is 0 Å². The quantitative estimate of drug-likeness (QED) is 0.288. The first-order chi connectivity index (χ1) is 17.8. The summed E-state index contributed by atoms with van der Waals surface area (Å²) in [6.45, 7) is 0.603. The lowest BCUT2D eigenvalue weighted by Gasteiger charge is -2.29. The lowest BCUT2D eigenvalue weighted by molar-refractivity contribution is -0.122. The number of aromatic nitrogens is 4. The van der Waals surface area contributed by atoms with Gasteiger partial charge in [0.2, 0.25) is 17.8 Å². The van der Waals surface area contributed by atoms with Crippen molar-refractivity contribution in [3.63, 3.8) is 0 Å². The SMILES string of the molecule is NC(=O)[C@H]1CC[C@@H](n2c(Nc3c(Cl)cc(Cl)cc3Cl)nc3cnc(NC[C@@H]4CCCC[C@H]4O)nc32)CC1. The summed E-state index contributed by atoms with van der Waals surface area (Å²) in [7, 11) is 0. The van der Waals surface area contributed by atoms with E-state index in [9.17, 15) is 9.90 Å². The summed E-state index contributed by atoms with van der Waals surface area (Å²) in [6.07, 6.45) is 8.25. The van der Waals surface area contributed by atoms with Crippen LogP contribution in [0.15, 0.2) is 18.3 Å². The van der Waals surface area contributed by atoms with Crippen LogP contribution in [0.1, 0.15) is 57.4 Å². The summed E-state index contributed by atoms with van der Waals surface area (Å²) in [5.41, 5.74) is 7.33. The molecule has 0 spiro atoms. The molecule has 0 bridgehead atoms. The predicted molar refractivity (Wildman–Crippen MR) is 147 cm³/mol. The Morgan fingerprint density at radius 2 is 1.76 bits per heavy atom. The topological polar surface area (TPSA) is 131 Å². The van der Waals surface area contributed by atoms with E-state index in [2.05, 4.69) is 15.6 Å². The number of imidazole rings is 1. The van der Waals surface area contributed by atoms with Crippen molar-refractivity contribution in [2.75, 3.05) is 17.2 Å². The number of nitrogens with one attached hydrogen (secondary N) is 2. The van der Waals surface area contributed by atoms with E-state index in [0.717, 1.165) is 38.5 Å². The fraction of sp³-hybridized carbons (Fsp3) is 0.520. The molecule has 3 aromatic rings. The van der Waals surface area contributed by atoms with Crippen molar-refractivity contribution < 1.29 is 9.90 Å². The van der Waals surface area contributed by atoms with Crippen LogP contribution in [0.25, 0.3) is 11.2 Å². The van der Waals surface area contributed by atoms with E-state index in [0.29, 0.717) is 63.2 Å². The molecule has 0 aliphatic heterocycles. The minimum Gasteiger partial charge on any atom is -0.393 e. The fourth-order valence-electron chi connectivity index (χ4n) is 5.45. The molecule has 0 unspecified atom stereocenters. The zero-order valence-electron chi connectivity index (χ0n) is 20.3. The number of primary amides is 1. The highest BCUT2D eigenvalue weighted by molar-refractivity contribution is 6.41. The number of halogens is 3. The molecule has 9 nitrogen and oxygen atoms in total. The molecule has 2 saturated carbocycles. The normalized spacial score (nSPS) is 24.2. The highest BCUT2D eigenvalue weighted by atomic mass is 35.5. The van der Waals surface area contributed by atoms with E-state index in [-0.39, 0.29) is 29.9 Å². The van der Waals surface area contributed by atoms with Crippen molar-refractivity contribution in [3.05, 3.63) is 33.4 Å². The molecule has 2 atom stereocenters. The predicted octanol–water partition coefficient (Wildman–Crippen LogP) is 5.71. The first-order valence-electron chi connectivity index (χ1n) is 12.7. The lowest BCUT2D eigenvalue weighted by atomic mass is 9.85. The highest BCUT2D eigenvalue weighted by Crippen LogP contribution is 2.40. The van der Waals surface area contributed by atoms with E-state index < -0.39 is 0 Å². The van der Waals surface area contributed by atoms with E-state index in [4.69, 9.17) is 50.5 Å². The van der Waals surface area contributed by atoms with Gasteiger partial charge in [0.15, 0.2) is 5.65 Å². The Morgan fingerprint density at radius 1 is 1.05 bits per heavy atom. The third-order valence-electron chi connectivity index (χ3n) is 7.53. The van der Waals surface area contributed by atoms with Gasteiger partial charge in [0.1, 0.15) is 5.52 Å². The van der Waals surface area contributed by atoms with Gasteiger partial charge in [-0.05, 0) is 50.7 Å². The van der Waals surface area contributed by atoms with Gasteiger partial charge in [0, 0.05) is 29.4 Å². The van der Waals surface area contributed by atoms with Crippen LogP contribution in [0.4, 0.5) is 17.6 Å². The second kappa shape index (κ2) is 11.2. The minimum atomic E-state index is -0.305. The molecule has 2 aromatic heterocycles. The van der Waals surface area contributed by atoms with Crippen LogP contribution in [-0.2, 0) is 4.79 Å². The monoisotopic (exact) mass is 565 g/mol. The van der Waals surface area contributed by atoms with Gasteiger partial charge in [-0.3, -0.25) is 9.36 Å². The van der Waals surface area contributed by atoms with Crippen LogP contribution in [0.2, 0.25) is 15.1 Å². The number of benzene rings is 1. The van der Waals surface area contributed by atoms with Gasteiger partial charge < -0.3 is 21.5 Å². The lowest BCUT2D eigenvalue weighted by Crippen LogP contribution is -2.30. The summed E-state index contributed by atoms with van der Waals surface area (Å²) in [5, 5.41) is 18.1. The van der Waals surface area contributed by atoms with Crippen molar-refractivity contribution in [3.8, 4) is 0 Å². The number of aliphatic hydroxyl groups excluding tert-OH is 1. The number of carbonyl (C=O) groups excluding carboxylic acids is 1. The average molecular weight is 567 g/mol. The molecule has 2 fully saturated rings. The molecule has 198 valence electrons. The molecule has 2 heterocycles. The largest absolute Gasteiger partial charge is 0.393 e. The second-order valence-electron chi connectivity index (χ2n) is 9.98. The number of amides is 1. The number of nitrogens with zero attached hydrogens (tertiary/aromatic N) is 4. The molecule has 37 heavy (non-hydrogen) atoms. The summed E-state index contributed by atoms with van der Waals surface area (Å²) < 4.78 is 2.04. The second-order valence-corrected chi connectivity index (χ2v) is 11.2. The Morgan fingerprint density at radius 3 is 2.43 bits per heavy atom. The van der Waals surface area contributed by atoms with Crippen LogP contribution in [0.5, 0.6) is 0 Å². The smallest absolute Gasteiger partial charge is 0.224 e. The van der Waals surface area contributed by atoms with E-state index >= 15 is 0 Å². The van der Waals surface area contributed by atoms with Gasteiger partial charge in [0.05, 0.1) is 28.0 Å². The molecular weight excluding hydrogens is 537 g/mol. The van der Waals surface area contributed by atoms with Crippen LogP contribution in [0.3, 0.4) is 0 Å². The molecule has 1 aromatic carbocycles. The number of anilines is 3. The number of rotatable bonds is 7. The van der Waals surface area contributed by atoms with Gasteiger partial charge in [-0.2, -0.15) is 4.98 Å². The Kier molecular flexibility index (Phi) is 7.95. The Bertz CT molecular complexity index is 1270. The van der Waals surface area contributed by atoms with Gasteiger partial charge in [-0.1, -0.05) is 47.6 Å². The first kappa shape index (κ1) is 26.3. The molecule has 5 N–H and O–H groups in total. The summed E-state index contributed by atoms with van der Waals surface area (Å²) >= 11 is 19.0. The Labute approximate surface area is 230 Å². The zero-order chi connectivity index (χ0) is 26.1. The fourth-order valence-corrected chi connectivity index (χ4v) is 6.36. The van der Waals surface area contributed by atoms with Gasteiger partial charge >= 0.3 is 0 Å². The Balaban J connectivity index is 1.48. The van der Waals surface area contributed by atoms with Crippen molar-refractivity contribution in [2.45, 2.75) is 63.5 Å². The van der Waals surface area contributed by atoms with Crippen molar-refractivity contribution in [1.82, 2.24) is 19.5 Å². The van der Waals surface area contributed by atoms with Crippen molar-refractivity contribution in [1.29, 1.82) is 0 Å². The maximum atomic E-state index is 11.7. The van der Waals surface area contributed by atoms with Crippen molar-refractivity contribution >= 4 is 69.5 Å². The van der Waals surface area contributed by atoms with E-state index in [1.54, 1.807) is 18.3 Å². The zero-order valence-corrected chi connectivity index (χ0v) is 22.5. The van der Waals surface area contributed by atoms with Crippen LogP contribution < -0.4 is 16.4 Å². The number of carbonyl (C=O) groups is 1. The minimum absolute atomic E-state index is 0.0378. The van der Waals surface area contributed by atoms with Crippen LogP contribution in [0, 0.1) is 11.8 Å². The maximum absolute atomic E-state index is 11.7. The Hall–Kier alpha value is -2.33. The number of hydrogen-bond acceptors (Lipinski definition) is 7. The molecule has 0 saturated heterocycles. The number of hydrogen-bond donors (Lipinski definition) is 4. The number of aliphatic hydroxyl groups is 1. The van der Waals surface area contributed by atoms with Gasteiger partial charge in [-0.15, -0.1) is 0 Å².